The Morgan fingerprint density at radius 1 is 1.38 bits per heavy atom. The van der Waals surface area contributed by atoms with E-state index in [-0.39, 0.29) is 0 Å². The van der Waals surface area contributed by atoms with E-state index < -0.39 is 0 Å². The third-order valence-electron chi connectivity index (χ3n) is 1.62. The van der Waals surface area contributed by atoms with Gasteiger partial charge in [0.05, 0.1) is 6.61 Å². The Morgan fingerprint density at radius 3 is 2.77 bits per heavy atom. The predicted octanol–water partition coefficient (Wildman–Crippen LogP) is 3.44. The van der Waals surface area contributed by atoms with Crippen molar-refractivity contribution in [2.24, 2.45) is 5.92 Å². The van der Waals surface area contributed by atoms with E-state index in [0.717, 1.165) is 12.4 Å². The van der Waals surface area contributed by atoms with Crippen LogP contribution in [0.4, 0.5) is 0 Å². The first kappa shape index (κ1) is 10.5. The molecule has 1 aromatic carbocycles. The number of hydrogen-bond donors (Lipinski definition) is 0. The van der Waals surface area contributed by atoms with E-state index >= 15 is 0 Å². The van der Waals surface area contributed by atoms with Gasteiger partial charge in [0, 0.05) is 4.90 Å². The first-order chi connectivity index (χ1) is 6.22. The van der Waals surface area contributed by atoms with E-state index in [1.54, 1.807) is 11.8 Å². The molecule has 0 atom stereocenters. The molecule has 0 unspecified atom stereocenters. The zero-order valence-electron chi connectivity index (χ0n) is 8.41. The zero-order chi connectivity index (χ0) is 9.68. The highest BCUT2D eigenvalue weighted by molar-refractivity contribution is 7.98. The SMILES string of the molecule is CSc1cccc(OCC(C)C)c1. The van der Waals surface area contributed by atoms with Crippen LogP contribution in [0.3, 0.4) is 0 Å². The van der Waals surface area contributed by atoms with Gasteiger partial charge in [0.25, 0.3) is 0 Å². The van der Waals surface area contributed by atoms with Gasteiger partial charge in [-0.25, -0.2) is 0 Å². The molecular weight excluding hydrogens is 180 g/mol. The van der Waals surface area contributed by atoms with E-state index in [1.165, 1.54) is 4.90 Å². The van der Waals surface area contributed by atoms with Gasteiger partial charge >= 0.3 is 0 Å². The molecule has 0 N–H and O–H groups in total. The van der Waals surface area contributed by atoms with Crippen LogP contribution in [0.5, 0.6) is 5.75 Å². The number of hydrogen-bond acceptors (Lipinski definition) is 2. The summed E-state index contributed by atoms with van der Waals surface area (Å²) < 4.78 is 5.60. The second-order valence-corrected chi connectivity index (χ2v) is 4.26. The Kier molecular flexibility index (Phi) is 4.16. The first-order valence-corrected chi connectivity index (χ1v) is 5.71. The largest absolute Gasteiger partial charge is 0.493 e. The molecule has 0 aliphatic heterocycles. The van der Waals surface area contributed by atoms with Crippen LogP contribution in [0.15, 0.2) is 29.2 Å². The summed E-state index contributed by atoms with van der Waals surface area (Å²) in [6.45, 7) is 5.09. The maximum Gasteiger partial charge on any atom is 0.120 e. The average molecular weight is 196 g/mol. The second kappa shape index (κ2) is 5.18. The summed E-state index contributed by atoms with van der Waals surface area (Å²) >= 11 is 1.74. The minimum atomic E-state index is 0.581. The van der Waals surface area contributed by atoms with Gasteiger partial charge in [-0.15, -0.1) is 11.8 Å². The number of ether oxygens (including phenoxy) is 1. The van der Waals surface area contributed by atoms with Crippen LogP contribution in [0, 0.1) is 5.92 Å². The molecule has 2 heteroatoms. The average Bonchev–Trinajstić information content (AvgIpc) is 2.15. The molecular formula is C11H16OS. The topological polar surface area (TPSA) is 9.23 Å². The van der Waals surface area contributed by atoms with Crippen LogP contribution in [0.2, 0.25) is 0 Å². The van der Waals surface area contributed by atoms with Crippen molar-refractivity contribution < 1.29 is 4.74 Å². The Morgan fingerprint density at radius 2 is 2.15 bits per heavy atom. The van der Waals surface area contributed by atoms with E-state index in [0.29, 0.717) is 5.92 Å². The second-order valence-electron chi connectivity index (χ2n) is 3.38. The molecule has 0 amide bonds. The van der Waals surface area contributed by atoms with E-state index in [1.807, 2.05) is 12.1 Å². The number of rotatable bonds is 4. The van der Waals surface area contributed by atoms with Crippen molar-refractivity contribution in [3.8, 4) is 5.75 Å². The Bertz CT molecular complexity index is 258. The molecule has 0 fully saturated rings. The highest BCUT2D eigenvalue weighted by Crippen LogP contribution is 2.20. The van der Waals surface area contributed by atoms with Gasteiger partial charge in [-0.2, -0.15) is 0 Å². The Labute approximate surface area is 84.5 Å². The molecule has 0 radical (unpaired) electrons. The quantitative estimate of drug-likeness (QED) is 0.682. The van der Waals surface area contributed by atoms with Crippen LogP contribution in [0.1, 0.15) is 13.8 Å². The zero-order valence-corrected chi connectivity index (χ0v) is 9.23. The minimum absolute atomic E-state index is 0.581. The molecule has 72 valence electrons. The van der Waals surface area contributed by atoms with Crippen LogP contribution in [-0.4, -0.2) is 12.9 Å². The maximum absolute atomic E-state index is 5.60. The van der Waals surface area contributed by atoms with Gasteiger partial charge in [-0.1, -0.05) is 19.9 Å². The van der Waals surface area contributed by atoms with Gasteiger partial charge in [-0.05, 0) is 30.4 Å². The molecule has 1 nitrogen and oxygen atoms in total. The third kappa shape index (κ3) is 3.73. The van der Waals surface area contributed by atoms with E-state index in [9.17, 15) is 0 Å². The summed E-state index contributed by atoms with van der Waals surface area (Å²) in [7, 11) is 0. The van der Waals surface area contributed by atoms with Crippen LogP contribution < -0.4 is 4.74 Å². The summed E-state index contributed by atoms with van der Waals surface area (Å²) in [5.74, 6) is 1.55. The summed E-state index contributed by atoms with van der Waals surface area (Å²) in [4.78, 5) is 1.25. The number of thioether (sulfide) groups is 1. The van der Waals surface area contributed by atoms with Gasteiger partial charge in [0.15, 0.2) is 0 Å². The summed E-state index contributed by atoms with van der Waals surface area (Å²) in [6, 6.07) is 8.20. The fraction of sp³-hybridized carbons (Fsp3) is 0.455. The molecule has 0 aliphatic rings. The van der Waals surface area contributed by atoms with E-state index in [2.05, 4.69) is 32.2 Å². The Balaban J connectivity index is 2.56. The van der Waals surface area contributed by atoms with Crippen molar-refractivity contribution >= 4 is 11.8 Å². The fourth-order valence-electron chi connectivity index (χ4n) is 0.954. The minimum Gasteiger partial charge on any atom is -0.493 e. The van der Waals surface area contributed by atoms with Crippen molar-refractivity contribution in [2.75, 3.05) is 12.9 Å². The van der Waals surface area contributed by atoms with Crippen LogP contribution in [0.25, 0.3) is 0 Å². The lowest BCUT2D eigenvalue weighted by Crippen LogP contribution is -2.04. The molecule has 0 aromatic heterocycles. The molecule has 13 heavy (non-hydrogen) atoms. The normalized spacial score (nSPS) is 10.5. The molecule has 0 spiro atoms. The highest BCUT2D eigenvalue weighted by atomic mass is 32.2. The molecule has 0 heterocycles. The van der Waals surface area contributed by atoms with Gasteiger partial charge in [0.2, 0.25) is 0 Å². The highest BCUT2D eigenvalue weighted by Gasteiger charge is 1.97. The number of benzene rings is 1. The monoisotopic (exact) mass is 196 g/mol. The Hall–Kier alpha value is -0.630. The molecule has 0 saturated heterocycles. The van der Waals surface area contributed by atoms with Crippen molar-refractivity contribution in [2.45, 2.75) is 18.7 Å². The summed E-state index contributed by atoms with van der Waals surface area (Å²) in [5, 5.41) is 0. The smallest absolute Gasteiger partial charge is 0.120 e. The maximum atomic E-state index is 5.60. The van der Waals surface area contributed by atoms with Crippen molar-refractivity contribution in [3.05, 3.63) is 24.3 Å². The third-order valence-corrected chi connectivity index (χ3v) is 2.35. The molecule has 0 saturated carbocycles. The van der Waals surface area contributed by atoms with Crippen molar-refractivity contribution in [1.29, 1.82) is 0 Å². The van der Waals surface area contributed by atoms with Gasteiger partial charge < -0.3 is 4.74 Å². The lowest BCUT2D eigenvalue weighted by molar-refractivity contribution is 0.270. The molecule has 1 rings (SSSR count). The lowest BCUT2D eigenvalue weighted by Gasteiger charge is -2.08. The summed E-state index contributed by atoms with van der Waals surface area (Å²) in [5.41, 5.74) is 0. The standard InChI is InChI=1S/C11H16OS/c1-9(2)8-12-10-5-4-6-11(7-10)13-3/h4-7,9H,8H2,1-3H3. The van der Waals surface area contributed by atoms with Crippen LogP contribution >= 0.6 is 11.8 Å². The van der Waals surface area contributed by atoms with Gasteiger partial charge in [0.1, 0.15) is 5.75 Å². The lowest BCUT2D eigenvalue weighted by atomic mass is 10.2. The molecule has 1 aromatic rings. The predicted molar refractivity (Wildman–Crippen MR) is 58.6 cm³/mol. The first-order valence-electron chi connectivity index (χ1n) is 4.49. The van der Waals surface area contributed by atoms with Crippen LogP contribution in [-0.2, 0) is 0 Å². The molecule has 0 bridgehead atoms. The summed E-state index contributed by atoms with van der Waals surface area (Å²) in [6.07, 6.45) is 2.07. The van der Waals surface area contributed by atoms with Crippen molar-refractivity contribution in [3.63, 3.8) is 0 Å². The fourth-order valence-corrected chi connectivity index (χ4v) is 1.40. The van der Waals surface area contributed by atoms with Gasteiger partial charge in [-0.3, -0.25) is 0 Å². The van der Waals surface area contributed by atoms with Crippen molar-refractivity contribution in [1.82, 2.24) is 0 Å². The van der Waals surface area contributed by atoms with E-state index in [4.69, 9.17) is 4.74 Å². The molecule has 0 aliphatic carbocycles.